The first kappa shape index (κ1) is 20.3. The van der Waals surface area contributed by atoms with Gasteiger partial charge < -0.3 is 10.2 Å². The Hall–Kier alpha value is -2.99. The quantitative estimate of drug-likeness (QED) is 0.609. The minimum atomic E-state index is -0.179. The van der Waals surface area contributed by atoms with Crippen LogP contribution in [0.1, 0.15) is 35.8 Å². The third-order valence-corrected chi connectivity index (χ3v) is 6.57. The molecule has 6 heteroatoms. The molecule has 2 amide bonds. The van der Waals surface area contributed by atoms with Gasteiger partial charge in [-0.15, -0.1) is 11.3 Å². The summed E-state index contributed by atoms with van der Waals surface area (Å²) in [5.41, 5.74) is 2.03. The third-order valence-electron chi connectivity index (χ3n) is 5.37. The van der Waals surface area contributed by atoms with Crippen LogP contribution in [-0.4, -0.2) is 41.3 Å². The number of hydrogen-bond acceptors (Lipinski definition) is 4. The molecule has 1 fully saturated rings. The van der Waals surface area contributed by atoms with Gasteiger partial charge in [-0.25, -0.2) is 4.98 Å². The molecule has 0 aliphatic carbocycles. The second-order valence-electron chi connectivity index (χ2n) is 7.46. The zero-order valence-electron chi connectivity index (χ0n) is 16.8. The van der Waals surface area contributed by atoms with Crippen molar-refractivity contribution in [1.29, 1.82) is 0 Å². The van der Waals surface area contributed by atoms with Gasteiger partial charge in [-0.3, -0.25) is 9.59 Å². The van der Waals surface area contributed by atoms with Gasteiger partial charge >= 0.3 is 0 Å². The molecule has 154 valence electrons. The van der Waals surface area contributed by atoms with Crippen molar-refractivity contribution in [3.05, 3.63) is 71.2 Å². The van der Waals surface area contributed by atoms with Crippen LogP contribution in [0.3, 0.4) is 0 Å². The zero-order valence-corrected chi connectivity index (χ0v) is 17.6. The number of hydrogen-bond donors (Lipinski definition) is 1. The van der Waals surface area contributed by atoms with E-state index in [4.69, 9.17) is 4.98 Å². The van der Waals surface area contributed by atoms with Gasteiger partial charge in [-0.2, -0.15) is 0 Å². The highest BCUT2D eigenvalue weighted by Crippen LogP contribution is 2.33. The summed E-state index contributed by atoms with van der Waals surface area (Å²) in [6.45, 7) is 1.86. The molecule has 1 aliphatic rings. The Morgan fingerprint density at radius 1 is 1.07 bits per heavy atom. The zero-order chi connectivity index (χ0) is 20.8. The van der Waals surface area contributed by atoms with Gasteiger partial charge in [0, 0.05) is 38.0 Å². The number of carbonyl (C=O) groups excluding carboxylic acids is 2. The molecule has 1 aromatic heterocycles. The molecule has 2 heterocycles. The molecule has 1 saturated heterocycles. The molecule has 0 atom stereocenters. The van der Waals surface area contributed by atoms with Crippen LogP contribution >= 0.6 is 11.3 Å². The van der Waals surface area contributed by atoms with Crippen molar-refractivity contribution in [3.63, 3.8) is 0 Å². The van der Waals surface area contributed by atoms with E-state index >= 15 is 0 Å². The lowest BCUT2D eigenvalue weighted by Crippen LogP contribution is -2.39. The minimum absolute atomic E-state index is 0.102. The van der Waals surface area contributed by atoms with E-state index in [9.17, 15) is 9.59 Å². The summed E-state index contributed by atoms with van der Waals surface area (Å²) in [5, 5.41) is 3.97. The molecule has 0 radical (unpaired) electrons. The molecular weight excluding hydrogens is 394 g/mol. The first-order valence-electron chi connectivity index (χ1n) is 10.3. The monoisotopic (exact) mass is 419 g/mol. The Labute approximate surface area is 180 Å². The summed E-state index contributed by atoms with van der Waals surface area (Å²) in [6, 6.07) is 17.9. The Balaban J connectivity index is 1.20. The van der Waals surface area contributed by atoms with Crippen molar-refractivity contribution in [2.45, 2.75) is 25.2 Å². The van der Waals surface area contributed by atoms with E-state index in [2.05, 4.69) is 17.4 Å². The van der Waals surface area contributed by atoms with Gasteiger partial charge in [0.25, 0.3) is 0 Å². The average Bonchev–Trinajstić information content (AvgIpc) is 3.23. The smallest absolute Gasteiger partial charge is 0.244 e. The van der Waals surface area contributed by atoms with E-state index < -0.39 is 0 Å². The molecular formula is C24H25N3O2S. The lowest BCUT2D eigenvalue weighted by molar-refractivity contribution is -0.132. The van der Waals surface area contributed by atoms with Crippen LogP contribution in [0.25, 0.3) is 16.3 Å². The number of fused-ring (bicyclic) bond motifs is 1. The summed E-state index contributed by atoms with van der Waals surface area (Å²) in [7, 11) is 0. The van der Waals surface area contributed by atoms with Crippen molar-refractivity contribution in [1.82, 2.24) is 15.2 Å². The molecule has 3 aromatic rings. The van der Waals surface area contributed by atoms with Crippen LogP contribution in [0.2, 0.25) is 0 Å². The maximum absolute atomic E-state index is 12.5. The van der Waals surface area contributed by atoms with Crippen molar-refractivity contribution in [2.24, 2.45) is 0 Å². The standard InChI is InChI=1S/C24H25N3O2S/c28-22(11-10-18-6-2-1-3-7-18)25-15-12-23(29)27-16-13-19(14-17-27)24-26-20-8-4-5-9-21(20)30-24/h1-11,19H,12-17H2,(H,25,28)/b11-10+. The van der Waals surface area contributed by atoms with Gasteiger partial charge in [0.15, 0.2) is 0 Å². The summed E-state index contributed by atoms with van der Waals surface area (Å²) >= 11 is 1.76. The lowest BCUT2D eigenvalue weighted by Gasteiger charge is -2.31. The van der Waals surface area contributed by atoms with E-state index in [0.29, 0.717) is 18.9 Å². The van der Waals surface area contributed by atoms with Gasteiger partial charge in [0.2, 0.25) is 11.8 Å². The fourth-order valence-corrected chi connectivity index (χ4v) is 4.82. The Morgan fingerprint density at radius 2 is 1.80 bits per heavy atom. The highest BCUT2D eigenvalue weighted by atomic mass is 32.1. The predicted molar refractivity (Wildman–Crippen MR) is 121 cm³/mol. The maximum atomic E-state index is 12.5. The minimum Gasteiger partial charge on any atom is -0.352 e. The second kappa shape index (κ2) is 9.67. The largest absolute Gasteiger partial charge is 0.352 e. The number of aromatic nitrogens is 1. The summed E-state index contributed by atoms with van der Waals surface area (Å²) < 4.78 is 1.23. The Kier molecular flexibility index (Phi) is 6.54. The van der Waals surface area contributed by atoms with Gasteiger partial charge in [0.1, 0.15) is 0 Å². The van der Waals surface area contributed by atoms with Gasteiger partial charge in [0.05, 0.1) is 15.2 Å². The molecule has 0 saturated carbocycles. The molecule has 0 bridgehead atoms. The second-order valence-corrected chi connectivity index (χ2v) is 8.52. The van der Waals surface area contributed by atoms with E-state index in [-0.39, 0.29) is 11.8 Å². The van der Waals surface area contributed by atoms with Crippen molar-refractivity contribution >= 4 is 39.4 Å². The Morgan fingerprint density at radius 3 is 2.57 bits per heavy atom. The highest BCUT2D eigenvalue weighted by Gasteiger charge is 2.25. The summed E-state index contributed by atoms with van der Waals surface area (Å²) in [5.74, 6) is 0.348. The summed E-state index contributed by atoms with van der Waals surface area (Å²) in [4.78, 5) is 31.1. The first-order valence-corrected chi connectivity index (χ1v) is 11.1. The molecule has 30 heavy (non-hydrogen) atoms. The van der Waals surface area contributed by atoms with Crippen molar-refractivity contribution < 1.29 is 9.59 Å². The molecule has 5 nitrogen and oxygen atoms in total. The SMILES string of the molecule is O=C(/C=C/c1ccccc1)NCCC(=O)N1CCC(c2nc3ccccc3s2)CC1. The summed E-state index contributed by atoms with van der Waals surface area (Å²) in [6.07, 6.45) is 5.49. The van der Waals surface area contributed by atoms with E-state index in [0.717, 1.165) is 37.0 Å². The number of thiazole rings is 1. The maximum Gasteiger partial charge on any atom is 0.244 e. The van der Waals surface area contributed by atoms with Gasteiger partial charge in [-0.1, -0.05) is 42.5 Å². The number of para-hydroxylation sites is 1. The van der Waals surface area contributed by atoms with Crippen LogP contribution in [-0.2, 0) is 9.59 Å². The normalized spacial score (nSPS) is 15.0. The average molecular weight is 420 g/mol. The fourth-order valence-electron chi connectivity index (χ4n) is 3.69. The van der Waals surface area contributed by atoms with Crippen LogP contribution < -0.4 is 5.32 Å². The van der Waals surface area contributed by atoms with Crippen LogP contribution in [0, 0.1) is 0 Å². The fraction of sp³-hybridized carbons (Fsp3) is 0.292. The molecule has 4 rings (SSSR count). The number of amides is 2. The van der Waals surface area contributed by atoms with Crippen LogP contribution in [0.5, 0.6) is 0 Å². The predicted octanol–water partition coefficient (Wildman–Crippen LogP) is 4.22. The number of benzene rings is 2. The van der Waals surface area contributed by atoms with Crippen LogP contribution in [0.4, 0.5) is 0 Å². The number of piperidine rings is 1. The topological polar surface area (TPSA) is 62.3 Å². The van der Waals surface area contributed by atoms with Crippen LogP contribution in [0.15, 0.2) is 60.7 Å². The van der Waals surface area contributed by atoms with Crippen molar-refractivity contribution in [3.8, 4) is 0 Å². The van der Waals surface area contributed by atoms with Crippen molar-refractivity contribution in [2.75, 3.05) is 19.6 Å². The molecule has 1 N–H and O–H groups in total. The van der Waals surface area contributed by atoms with E-state index in [1.807, 2.05) is 47.4 Å². The lowest BCUT2D eigenvalue weighted by atomic mass is 9.97. The molecule has 0 unspecified atom stereocenters. The number of likely N-dealkylation sites (tertiary alicyclic amines) is 1. The number of rotatable bonds is 6. The van der Waals surface area contributed by atoms with Gasteiger partial charge in [-0.05, 0) is 36.6 Å². The number of nitrogens with one attached hydrogen (secondary N) is 1. The molecule has 0 spiro atoms. The number of nitrogens with zero attached hydrogens (tertiary/aromatic N) is 2. The third kappa shape index (κ3) is 5.13. The molecule has 2 aromatic carbocycles. The van der Waals surface area contributed by atoms with E-state index in [1.54, 1.807) is 17.4 Å². The number of carbonyl (C=O) groups is 2. The highest BCUT2D eigenvalue weighted by molar-refractivity contribution is 7.18. The molecule has 1 aliphatic heterocycles. The first-order chi connectivity index (χ1) is 14.7. The van der Waals surface area contributed by atoms with E-state index in [1.165, 1.54) is 15.8 Å². The Bertz CT molecular complexity index is 1000.